The molecule has 0 radical (unpaired) electrons. The minimum Gasteiger partial charge on any atom is -0.869 e. The number of hydrogen-bond donors (Lipinski definition) is 0. The van der Waals surface area contributed by atoms with Crippen molar-refractivity contribution in [1.29, 1.82) is 0 Å². The summed E-state index contributed by atoms with van der Waals surface area (Å²) < 4.78 is 67.8. The van der Waals surface area contributed by atoms with Crippen LogP contribution in [0.2, 0.25) is 39.3 Å². The van der Waals surface area contributed by atoms with Crippen LogP contribution in [0, 0.1) is 11.1 Å². The zero-order valence-electron chi connectivity index (χ0n) is 14.0. The van der Waals surface area contributed by atoms with E-state index in [1.807, 2.05) is 0 Å². The first-order chi connectivity index (χ1) is 9.76. The molecule has 0 aliphatic heterocycles. The Kier molecular flexibility index (Phi) is 11.4. The summed E-state index contributed by atoms with van der Waals surface area (Å²) in [4.78, 5) is 9.82. The molecule has 0 rings (SSSR count). The molecule has 24 heavy (non-hydrogen) atoms. The van der Waals surface area contributed by atoms with Crippen LogP contribution < -0.4 is 5.11 Å². The van der Waals surface area contributed by atoms with Crippen LogP contribution in [0.25, 0.3) is 0 Å². The van der Waals surface area contributed by atoms with E-state index in [2.05, 4.69) is 50.4 Å². The van der Waals surface area contributed by atoms with Crippen molar-refractivity contribution < 1.29 is 53.3 Å². The van der Waals surface area contributed by atoms with Gasteiger partial charge in [0.15, 0.2) is 0 Å². The number of carbonyl (C=O) groups is 1. The van der Waals surface area contributed by atoms with Gasteiger partial charge < -0.3 is 5.11 Å². The Balaban J connectivity index is -0.000000364. The third-order valence-corrected chi connectivity index (χ3v) is 3.63. The molecule has 0 fully saturated rings. The molecule has 0 aliphatic carbocycles. The summed E-state index contributed by atoms with van der Waals surface area (Å²) in [5.74, 6) is -5.65. The second-order valence-corrected chi connectivity index (χ2v) is 16.1. The van der Waals surface area contributed by atoms with E-state index in [0.29, 0.717) is 0 Å². The molecule has 0 bridgehead atoms. The van der Waals surface area contributed by atoms with Crippen LogP contribution in [-0.2, 0) is 21.9 Å². The molecule has 0 aromatic carbocycles. The first-order valence-electron chi connectivity index (χ1n) is 6.37. The van der Waals surface area contributed by atoms with Crippen LogP contribution >= 0.6 is 0 Å². The van der Waals surface area contributed by atoms with Crippen LogP contribution in [0.3, 0.4) is 0 Å². The monoisotopic (exact) mass is 440 g/mol. The van der Waals surface area contributed by atoms with Crippen molar-refractivity contribution in [2.75, 3.05) is 0 Å². The average Bonchev–Trinajstić information content (AvgIpc) is 2.22. The van der Waals surface area contributed by atoms with Crippen molar-refractivity contribution in [3.63, 3.8) is 0 Å². The normalized spacial score (nSPS) is 12.9. The van der Waals surface area contributed by atoms with E-state index >= 15 is 0 Å². The molecule has 0 atom stereocenters. The number of ketones is 1. The Morgan fingerprint density at radius 1 is 0.833 bits per heavy atom. The first kappa shape index (κ1) is 28.1. The number of hydrogen-bond acceptors (Lipinski definition) is 2. The number of allylic oxidation sites excluding steroid dienone is 2. The molecular weight excluding hydrogens is 422 g/mol. The molecule has 0 heterocycles. The first-order valence-corrected chi connectivity index (χ1v) is 13.4. The van der Waals surface area contributed by atoms with Gasteiger partial charge >= 0.3 is 29.4 Å². The second kappa shape index (κ2) is 9.70. The Hall–Kier alpha value is -0.697. The maximum absolute atomic E-state index is 11.3. The summed E-state index contributed by atoms with van der Waals surface area (Å²) in [6.45, 7) is 13.8. The van der Waals surface area contributed by atoms with Crippen molar-refractivity contribution in [2.24, 2.45) is 0 Å². The molecule has 11 heteroatoms. The van der Waals surface area contributed by atoms with Gasteiger partial charge in [0, 0.05) is 0 Å². The van der Waals surface area contributed by atoms with Gasteiger partial charge in [0.05, 0.1) is 0 Å². The maximum Gasteiger partial charge on any atom is 1.00 e. The van der Waals surface area contributed by atoms with Gasteiger partial charge in [-0.25, -0.2) is 0 Å². The van der Waals surface area contributed by atoms with E-state index in [-0.39, 0.29) is 17.1 Å². The fraction of sp³-hybridized carbons (Fsp3) is 0.615. The predicted molar refractivity (Wildman–Crippen MR) is 79.7 cm³/mol. The smallest absolute Gasteiger partial charge is 0.869 e. The minimum atomic E-state index is -5.46. The van der Waals surface area contributed by atoms with Crippen molar-refractivity contribution >= 4 is 21.9 Å². The molecule has 0 saturated carbocycles. The van der Waals surface area contributed by atoms with Gasteiger partial charge in [0.2, 0.25) is 0 Å². The van der Waals surface area contributed by atoms with Crippen LogP contribution in [0.15, 0.2) is 11.8 Å². The van der Waals surface area contributed by atoms with Crippen LogP contribution in [0.1, 0.15) is 0 Å². The molecule has 0 spiro atoms. The predicted octanol–water partition coefficient (Wildman–Crippen LogP) is 3.67. The van der Waals surface area contributed by atoms with Gasteiger partial charge in [-0.2, -0.15) is 26.3 Å². The second-order valence-electron chi connectivity index (χ2n) is 6.62. The third kappa shape index (κ3) is 17.7. The Labute approximate surface area is 150 Å². The van der Waals surface area contributed by atoms with Crippen LogP contribution in [-0.4, -0.2) is 34.3 Å². The van der Waals surface area contributed by atoms with Crippen molar-refractivity contribution in [2.45, 2.75) is 51.6 Å². The van der Waals surface area contributed by atoms with E-state index in [4.69, 9.17) is 0 Å². The number of rotatable bonds is 1. The summed E-state index contributed by atoms with van der Waals surface area (Å²) in [5.41, 5.74) is 6.82. The fourth-order valence-electron chi connectivity index (χ4n) is 0.658. The van der Waals surface area contributed by atoms with Gasteiger partial charge in [0.1, 0.15) is 16.1 Å². The van der Waals surface area contributed by atoms with Gasteiger partial charge in [-0.3, -0.25) is 4.79 Å². The molecule has 0 aromatic heterocycles. The summed E-state index contributed by atoms with van der Waals surface area (Å²) in [6, 6.07) is 0. The molecular formula is C13H19CuF6O2Si2. The molecule has 0 aromatic rings. The molecule has 0 aliphatic rings. The molecule has 0 N–H and O–H groups in total. The Bertz CT molecular complexity index is 484. The quantitative estimate of drug-likeness (QED) is 0.205. The zero-order valence-corrected chi connectivity index (χ0v) is 16.9. The van der Waals surface area contributed by atoms with E-state index in [9.17, 15) is 36.2 Å². The van der Waals surface area contributed by atoms with Crippen molar-refractivity contribution in [3.05, 3.63) is 11.8 Å². The molecule has 0 amide bonds. The Morgan fingerprint density at radius 3 is 1.29 bits per heavy atom. The number of carbonyl (C=O) groups excluding carboxylic acids is 1. The number of halogens is 6. The van der Waals surface area contributed by atoms with Gasteiger partial charge in [-0.15, -0.1) is 11.1 Å². The average molecular weight is 441 g/mol. The van der Waals surface area contributed by atoms with Crippen molar-refractivity contribution in [3.8, 4) is 11.1 Å². The topological polar surface area (TPSA) is 40.1 Å². The fourth-order valence-corrected chi connectivity index (χ4v) is 3.66. The summed E-state index contributed by atoms with van der Waals surface area (Å²) in [6.07, 6.45) is -11.9. The SMILES string of the molecule is C[Si](C)(C)C#C[Si](C)(C)C.O=C(C=C([O-])C(F)(F)F)C(F)(F)F.[Cu+]. The zero-order chi connectivity index (χ0) is 19.3. The van der Waals surface area contributed by atoms with Crippen LogP contribution in [0.4, 0.5) is 26.3 Å². The summed E-state index contributed by atoms with van der Waals surface area (Å²) >= 11 is 0. The largest absolute Gasteiger partial charge is 1.00 e. The van der Waals surface area contributed by atoms with E-state index in [0.717, 1.165) is 0 Å². The maximum atomic E-state index is 11.3. The standard InChI is InChI=1S/C8H18Si2.C5H2F6O2.Cu/c1-9(2,3)7-8-10(4,5)6;6-4(7,8)2(12)1-3(13)5(9,10)11;/h1-6H3;1,12H;/q;;+1/p-1. The van der Waals surface area contributed by atoms with E-state index in [1.54, 1.807) is 0 Å². The molecule has 0 saturated heterocycles. The molecule has 0 unspecified atom stereocenters. The Morgan fingerprint density at radius 2 is 1.12 bits per heavy atom. The van der Waals surface area contributed by atoms with Crippen LogP contribution in [0.5, 0.6) is 0 Å². The summed E-state index contributed by atoms with van der Waals surface area (Å²) in [5, 5.41) is 9.82. The van der Waals surface area contributed by atoms with Crippen molar-refractivity contribution in [1.82, 2.24) is 0 Å². The van der Waals surface area contributed by atoms with Gasteiger partial charge in [-0.05, 0) is 11.8 Å². The minimum absolute atomic E-state index is 0. The van der Waals surface area contributed by atoms with Gasteiger partial charge in [-0.1, -0.05) is 39.3 Å². The van der Waals surface area contributed by atoms with E-state index < -0.39 is 46.1 Å². The third-order valence-electron chi connectivity index (χ3n) is 1.63. The molecule has 144 valence electrons. The number of alkyl halides is 6. The molecule has 2 nitrogen and oxygen atoms in total. The van der Waals surface area contributed by atoms with E-state index in [1.165, 1.54) is 0 Å². The van der Waals surface area contributed by atoms with Gasteiger partial charge in [0.25, 0.3) is 5.78 Å². The summed E-state index contributed by atoms with van der Waals surface area (Å²) in [7, 11) is -2.19.